The fourth-order valence-electron chi connectivity index (χ4n) is 2.39. The molecule has 2 aromatic heterocycles. The maximum absolute atomic E-state index is 9.06. The van der Waals surface area contributed by atoms with Crippen molar-refractivity contribution in [3.63, 3.8) is 0 Å². The Morgan fingerprint density at radius 1 is 1.22 bits per heavy atom. The van der Waals surface area contributed by atoms with Crippen LogP contribution in [0.1, 0.15) is 31.4 Å². The number of hydrogen-bond acceptors (Lipinski definition) is 5. The highest BCUT2D eigenvalue weighted by atomic mass is 35.5. The predicted molar refractivity (Wildman–Crippen MR) is 102 cm³/mol. The zero-order chi connectivity index (χ0) is 19.2. The zero-order valence-electron chi connectivity index (χ0n) is 15.1. The van der Waals surface area contributed by atoms with E-state index in [1.165, 1.54) is 0 Å². The molecule has 0 N–H and O–H groups in total. The van der Waals surface area contributed by atoms with Gasteiger partial charge in [0.1, 0.15) is 12.4 Å². The lowest BCUT2D eigenvalue weighted by Gasteiger charge is -2.17. The van der Waals surface area contributed by atoms with E-state index in [1.807, 2.05) is 13.0 Å². The van der Waals surface area contributed by atoms with Crippen LogP contribution in [-0.4, -0.2) is 20.9 Å². The van der Waals surface area contributed by atoms with Crippen molar-refractivity contribution in [3.05, 3.63) is 64.9 Å². The molecule has 0 saturated heterocycles. The predicted octanol–water partition coefficient (Wildman–Crippen LogP) is 4.55. The number of ether oxygens (including phenoxy) is 2. The molecule has 0 radical (unpaired) electrons. The van der Waals surface area contributed by atoms with Crippen molar-refractivity contribution in [3.8, 4) is 23.5 Å². The number of aromatic nitrogens is 3. The summed E-state index contributed by atoms with van der Waals surface area (Å²) in [6.45, 7) is 4.35. The largest absolute Gasteiger partial charge is 0.490 e. The van der Waals surface area contributed by atoms with Gasteiger partial charge in [-0.1, -0.05) is 24.6 Å². The summed E-state index contributed by atoms with van der Waals surface area (Å²) >= 11 is 6.11. The third kappa shape index (κ3) is 4.57. The van der Waals surface area contributed by atoms with Gasteiger partial charge in [-0.05, 0) is 31.5 Å². The third-order valence-electron chi connectivity index (χ3n) is 4.01. The van der Waals surface area contributed by atoms with E-state index in [-0.39, 0.29) is 12.7 Å². The van der Waals surface area contributed by atoms with E-state index in [4.69, 9.17) is 26.3 Å². The molecule has 1 atom stereocenters. The standard InChI is InChI=1S/C20H19ClN4O2/c1-3-14(2)27-18-11-17(21)5-4-16(18)13-26-20-7-9-24-25(20)19-10-15(12-22)6-8-23-19/h4-11,14H,3,13H2,1-2H3. The first kappa shape index (κ1) is 18.7. The van der Waals surface area contributed by atoms with E-state index >= 15 is 0 Å². The smallest absolute Gasteiger partial charge is 0.218 e. The van der Waals surface area contributed by atoms with Crippen LogP contribution in [0, 0.1) is 11.3 Å². The minimum atomic E-state index is 0.0747. The van der Waals surface area contributed by atoms with Crippen molar-refractivity contribution in [1.82, 2.24) is 14.8 Å². The monoisotopic (exact) mass is 382 g/mol. The molecule has 0 aliphatic rings. The molecule has 0 amide bonds. The number of rotatable bonds is 7. The van der Waals surface area contributed by atoms with Gasteiger partial charge in [-0.2, -0.15) is 15.0 Å². The van der Waals surface area contributed by atoms with Gasteiger partial charge < -0.3 is 9.47 Å². The van der Waals surface area contributed by atoms with Gasteiger partial charge in [-0.3, -0.25) is 0 Å². The molecule has 0 aliphatic carbocycles. The fourth-order valence-corrected chi connectivity index (χ4v) is 2.55. The van der Waals surface area contributed by atoms with Crippen molar-refractivity contribution in [2.45, 2.75) is 33.0 Å². The van der Waals surface area contributed by atoms with Crippen LogP contribution in [0.15, 0.2) is 48.8 Å². The summed E-state index contributed by atoms with van der Waals surface area (Å²) in [5, 5.41) is 13.9. The molecule has 1 unspecified atom stereocenters. The van der Waals surface area contributed by atoms with Crippen LogP contribution in [0.25, 0.3) is 5.82 Å². The maximum atomic E-state index is 9.06. The average molecular weight is 383 g/mol. The first-order valence-electron chi connectivity index (χ1n) is 8.59. The van der Waals surface area contributed by atoms with Crippen molar-refractivity contribution < 1.29 is 9.47 Å². The summed E-state index contributed by atoms with van der Waals surface area (Å²) in [6.07, 6.45) is 4.15. The summed E-state index contributed by atoms with van der Waals surface area (Å²) in [6, 6.07) is 12.6. The van der Waals surface area contributed by atoms with Crippen molar-refractivity contribution in [1.29, 1.82) is 5.26 Å². The van der Waals surface area contributed by atoms with Gasteiger partial charge in [0.2, 0.25) is 5.88 Å². The normalized spacial score (nSPS) is 11.6. The van der Waals surface area contributed by atoms with Crippen LogP contribution < -0.4 is 9.47 Å². The van der Waals surface area contributed by atoms with Crippen LogP contribution in [0.3, 0.4) is 0 Å². The lowest BCUT2D eigenvalue weighted by atomic mass is 10.2. The number of halogens is 1. The van der Waals surface area contributed by atoms with Crippen LogP contribution in [0.5, 0.6) is 11.6 Å². The Balaban J connectivity index is 1.81. The highest BCUT2D eigenvalue weighted by Crippen LogP contribution is 2.27. The van der Waals surface area contributed by atoms with E-state index in [1.54, 1.807) is 47.4 Å². The Hall–Kier alpha value is -3.04. The Kier molecular flexibility index (Phi) is 5.94. The van der Waals surface area contributed by atoms with Crippen LogP contribution in [0.4, 0.5) is 0 Å². The molecule has 3 rings (SSSR count). The number of nitrogens with zero attached hydrogens (tertiary/aromatic N) is 4. The SMILES string of the molecule is CCC(C)Oc1cc(Cl)ccc1COc1ccnn1-c1cc(C#N)ccn1. The highest BCUT2D eigenvalue weighted by Gasteiger charge is 2.12. The summed E-state index contributed by atoms with van der Waals surface area (Å²) in [5.41, 5.74) is 1.38. The zero-order valence-corrected chi connectivity index (χ0v) is 15.8. The molecule has 7 heteroatoms. The van der Waals surface area contributed by atoms with Gasteiger partial charge in [0.25, 0.3) is 0 Å². The molecule has 0 spiro atoms. The molecule has 6 nitrogen and oxygen atoms in total. The number of benzene rings is 1. The van der Waals surface area contributed by atoms with Gasteiger partial charge in [-0.25, -0.2) is 4.98 Å². The molecule has 0 fully saturated rings. The van der Waals surface area contributed by atoms with Crippen LogP contribution >= 0.6 is 11.6 Å². The molecule has 3 aromatic rings. The molecular weight excluding hydrogens is 364 g/mol. The van der Waals surface area contributed by atoms with Crippen LogP contribution in [0.2, 0.25) is 5.02 Å². The average Bonchev–Trinajstić information content (AvgIpc) is 3.16. The Bertz CT molecular complexity index is 965. The molecule has 138 valence electrons. The number of hydrogen-bond donors (Lipinski definition) is 0. The summed E-state index contributed by atoms with van der Waals surface area (Å²) in [4.78, 5) is 4.25. The highest BCUT2D eigenvalue weighted by molar-refractivity contribution is 6.30. The van der Waals surface area contributed by atoms with Gasteiger partial charge in [0.05, 0.1) is 23.9 Å². The summed E-state index contributed by atoms with van der Waals surface area (Å²) < 4.78 is 13.4. The maximum Gasteiger partial charge on any atom is 0.218 e. The minimum absolute atomic E-state index is 0.0747. The minimum Gasteiger partial charge on any atom is -0.490 e. The van der Waals surface area contributed by atoms with E-state index in [0.29, 0.717) is 28.0 Å². The first-order valence-corrected chi connectivity index (χ1v) is 8.97. The molecule has 0 aliphatic heterocycles. The van der Waals surface area contributed by atoms with Crippen molar-refractivity contribution >= 4 is 11.6 Å². The van der Waals surface area contributed by atoms with Crippen molar-refractivity contribution in [2.24, 2.45) is 0 Å². The van der Waals surface area contributed by atoms with E-state index < -0.39 is 0 Å². The Labute approximate surface area is 162 Å². The summed E-state index contributed by atoms with van der Waals surface area (Å²) in [5.74, 6) is 1.73. The second-order valence-corrected chi connectivity index (χ2v) is 6.41. The van der Waals surface area contributed by atoms with Gasteiger partial charge in [0, 0.05) is 28.9 Å². The van der Waals surface area contributed by atoms with Gasteiger partial charge >= 0.3 is 0 Å². The first-order chi connectivity index (χ1) is 13.1. The molecular formula is C20H19ClN4O2. The quantitative estimate of drug-likeness (QED) is 0.599. The van der Waals surface area contributed by atoms with Gasteiger partial charge in [-0.15, -0.1) is 0 Å². The lowest BCUT2D eigenvalue weighted by molar-refractivity contribution is 0.207. The summed E-state index contributed by atoms with van der Waals surface area (Å²) in [7, 11) is 0. The Morgan fingerprint density at radius 2 is 2.07 bits per heavy atom. The molecule has 2 heterocycles. The van der Waals surface area contributed by atoms with E-state index in [2.05, 4.69) is 23.1 Å². The lowest BCUT2D eigenvalue weighted by Crippen LogP contribution is -2.12. The van der Waals surface area contributed by atoms with E-state index in [0.717, 1.165) is 12.0 Å². The number of nitriles is 1. The second-order valence-electron chi connectivity index (χ2n) is 5.97. The third-order valence-corrected chi connectivity index (χ3v) is 4.24. The molecule has 27 heavy (non-hydrogen) atoms. The van der Waals surface area contributed by atoms with Gasteiger partial charge in [0.15, 0.2) is 5.82 Å². The van der Waals surface area contributed by atoms with E-state index in [9.17, 15) is 0 Å². The fraction of sp³-hybridized carbons (Fsp3) is 0.250. The topological polar surface area (TPSA) is 73.0 Å². The van der Waals surface area contributed by atoms with Crippen LogP contribution in [-0.2, 0) is 6.61 Å². The van der Waals surface area contributed by atoms with Crippen molar-refractivity contribution in [2.75, 3.05) is 0 Å². The molecule has 0 bridgehead atoms. The second kappa shape index (κ2) is 8.56. The molecule has 0 saturated carbocycles. The Morgan fingerprint density at radius 3 is 2.85 bits per heavy atom. The molecule has 1 aromatic carbocycles. The number of pyridine rings is 1.